The highest BCUT2D eigenvalue weighted by molar-refractivity contribution is 14.1. The maximum Gasteiger partial charge on any atom is 0.247 e. The van der Waals surface area contributed by atoms with Gasteiger partial charge >= 0.3 is 0 Å². The van der Waals surface area contributed by atoms with Gasteiger partial charge < -0.3 is 9.73 Å². The van der Waals surface area contributed by atoms with Gasteiger partial charge in [-0.25, -0.2) is 4.39 Å². The standard InChI is InChI=1S/C15H11FIN3O/c16-11-6-7-13(12(17)8-11)18-9-14-19-20-15(21-14)10-4-2-1-3-5-10/h1-8,18H,9H2. The summed E-state index contributed by atoms with van der Waals surface area (Å²) in [7, 11) is 0. The minimum Gasteiger partial charge on any atom is -0.419 e. The van der Waals surface area contributed by atoms with Gasteiger partial charge in [0.1, 0.15) is 5.82 Å². The summed E-state index contributed by atoms with van der Waals surface area (Å²) in [5.41, 5.74) is 1.71. The van der Waals surface area contributed by atoms with E-state index in [1.807, 2.05) is 30.3 Å². The van der Waals surface area contributed by atoms with Crippen LogP contribution in [0.15, 0.2) is 52.9 Å². The van der Waals surface area contributed by atoms with Crippen molar-refractivity contribution in [1.82, 2.24) is 10.2 Å². The van der Waals surface area contributed by atoms with Crippen LogP contribution in [0.4, 0.5) is 10.1 Å². The van der Waals surface area contributed by atoms with Gasteiger partial charge in [0, 0.05) is 14.8 Å². The van der Waals surface area contributed by atoms with Crippen LogP contribution in [0, 0.1) is 9.39 Å². The van der Waals surface area contributed by atoms with E-state index in [2.05, 4.69) is 38.1 Å². The number of hydrogen-bond acceptors (Lipinski definition) is 4. The number of nitrogens with one attached hydrogen (secondary N) is 1. The third kappa shape index (κ3) is 3.38. The summed E-state index contributed by atoms with van der Waals surface area (Å²) in [5.74, 6) is 0.712. The van der Waals surface area contributed by atoms with Crippen molar-refractivity contribution < 1.29 is 8.81 Å². The van der Waals surface area contributed by atoms with Crippen LogP contribution in [0.2, 0.25) is 0 Å². The van der Waals surface area contributed by atoms with Crippen LogP contribution in [0.3, 0.4) is 0 Å². The van der Waals surface area contributed by atoms with Crippen LogP contribution < -0.4 is 5.32 Å². The number of anilines is 1. The van der Waals surface area contributed by atoms with Crippen LogP contribution >= 0.6 is 22.6 Å². The van der Waals surface area contributed by atoms with Crippen LogP contribution in [0.25, 0.3) is 11.5 Å². The Hall–Kier alpha value is -1.96. The number of rotatable bonds is 4. The minimum atomic E-state index is -0.255. The van der Waals surface area contributed by atoms with Gasteiger partial charge in [0.2, 0.25) is 11.8 Å². The van der Waals surface area contributed by atoms with Crippen molar-refractivity contribution in [2.45, 2.75) is 6.54 Å². The topological polar surface area (TPSA) is 51.0 Å². The van der Waals surface area contributed by atoms with Crippen molar-refractivity contribution in [3.63, 3.8) is 0 Å². The highest BCUT2D eigenvalue weighted by Gasteiger charge is 2.08. The quantitative estimate of drug-likeness (QED) is 0.677. The predicted octanol–water partition coefficient (Wildman–Crippen LogP) is 4.09. The fraction of sp³-hybridized carbons (Fsp3) is 0.0667. The van der Waals surface area contributed by atoms with Gasteiger partial charge in [0.25, 0.3) is 0 Å². The molecule has 0 aliphatic rings. The summed E-state index contributed by atoms with van der Waals surface area (Å²) in [6, 6.07) is 14.1. The van der Waals surface area contributed by atoms with Crippen molar-refractivity contribution in [2.75, 3.05) is 5.32 Å². The zero-order valence-electron chi connectivity index (χ0n) is 10.9. The first-order valence-corrected chi connectivity index (χ1v) is 7.37. The van der Waals surface area contributed by atoms with Crippen LogP contribution in [-0.2, 0) is 6.54 Å². The molecule has 0 aliphatic carbocycles. The molecular weight excluding hydrogens is 384 g/mol. The number of hydrogen-bond donors (Lipinski definition) is 1. The zero-order valence-corrected chi connectivity index (χ0v) is 13.0. The summed E-state index contributed by atoms with van der Waals surface area (Å²) >= 11 is 2.07. The van der Waals surface area contributed by atoms with E-state index in [4.69, 9.17) is 4.42 Å². The predicted molar refractivity (Wildman–Crippen MR) is 86.2 cm³/mol. The van der Waals surface area contributed by atoms with Crippen LogP contribution in [-0.4, -0.2) is 10.2 Å². The largest absolute Gasteiger partial charge is 0.419 e. The molecule has 0 aliphatic heterocycles. The zero-order chi connectivity index (χ0) is 14.7. The Bertz CT molecular complexity index is 746. The third-order valence-corrected chi connectivity index (χ3v) is 3.74. The smallest absolute Gasteiger partial charge is 0.247 e. The molecule has 0 amide bonds. The average Bonchev–Trinajstić information content (AvgIpc) is 2.96. The van der Waals surface area contributed by atoms with E-state index < -0.39 is 0 Å². The molecule has 1 heterocycles. The molecule has 21 heavy (non-hydrogen) atoms. The first kappa shape index (κ1) is 14.0. The molecule has 0 unspecified atom stereocenters. The monoisotopic (exact) mass is 395 g/mol. The lowest BCUT2D eigenvalue weighted by molar-refractivity contribution is 0.515. The Labute approximate surface area is 134 Å². The normalized spacial score (nSPS) is 10.6. The number of benzene rings is 2. The Morgan fingerprint density at radius 3 is 2.67 bits per heavy atom. The van der Waals surface area contributed by atoms with E-state index in [0.717, 1.165) is 14.8 Å². The lowest BCUT2D eigenvalue weighted by atomic mass is 10.2. The van der Waals surface area contributed by atoms with Gasteiger partial charge in [0.05, 0.1) is 6.54 Å². The van der Waals surface area contributed by atoms with E-state index in [0.29, 0.717) is 18.3 Å². The molecule has 0 spiro atoms. The molecule has 0 radical (unpaired) electrons. The van der Waals surface area contributed by atoms with E-state index in [1.54, 1.807) is 6.07 Å². The molecule has 106 valence electrons. The van der Waals surface area contributed by atoms with Gasteiger partial charge in [-0.15, -0.1) is 10.2 Å². The third-order valence-electron chi connectivity index (χ3n) is 2.85. The highest BCUT2D eigenvalue weighted by Crippen LogP contribution is 2.21. The first-order valence-electron chi connectivity index (χ1n) is 6.29. The summed E-state index contributed by atoms with van der Waals surface area (Å²) in [4.78, 5) is 0. The SMILES string of the molecule is Fc1ccc(NCc2nnc(-c3ccccc3)o2)c(I)c1. The Morgan fingerprint density at radius 2 is 1.90 bits per heavy atom. The Balaban J connectivity index is 1.70. The number of nitrogens with zero attached hydrogens (tertiary/aromatic N) is 2. The molecule has 3 aromatic rings. The molecule has 1 aromatic heterocycles. The summed E-state index contributed by atoms with van der Waals surface area (Å²) in [6.07, 6.45) is 0. The molecule has 0 atom stereocenters. The van der Waals surface area contributed by atoms with Gasteiger partial charge in [-0.2, -0.15) is 0 Å². The van der Waals surface area contributed by atoms with Crippen molar-refractivity contribution in [2.24, 2.45) is 0 Å². The van der Waals surface area contributed by atoms with Gasteiger partial charge in [-0.1, -0.05) is 18.2 Å². The minimum absolute atomic E-state index is 0.255. The first-order chi connectivity index (χ1) is 10.2. The number of halogens is 2. The molecule has 3 rings (SSSR count). The van der Waals surface area contributed by atoms with Crippen molar-refractivity contribution in [3.8, 4) is 11.5 Å². The average molecular weight is 395 g/mol. The molecule has 2 aromatic carbocycles. The molecule has 6 heteroatoms. The second-order valence-corrected chi connectivity index (χ2v) is 5.51. The molecular formula is C15H11FIN3O. The van der Waals surface area contributed by atoms with Gasteiger partial charge in [-0.05, 0) is 52.9 Å². The maximum atomic E-state index is 13.0. The van der Waals surface area contributed by atoms with Crippen molar-refractivity contribution in [1.29, 1.82) is 0 Å². The van der Waals surface area contributed by atoms with Crippen LogP contribution in [0.1, 0.15) is 5.89 Å². The molecule has 4 nitrogen and oxygen atoms in total. The molecule has 0 fully saturated rings. The van der Waals surface area contributed by atoms with Gasteiger partial charge in [-0.3, -0.25) is 0 Å². The van der Waals surface area contributed by atoms with E-state index in [1.165, 1.54) is 12.1 Å². The van der Waals surface area contributed by atoms with E-state index in [-0.39, 0.29) is 5.82 Å². The number of aromatic nitrogens is 2. The van der Waals surface area contributed by atoms with E-state index >= 15 is 0 Å². The van der Waals surface area contributed by atoms with Crippen molar-refractivity contribution in [3.05, 3.63) is 63.8 Å². The van der Waals surface area contributed by atoms with E-state index in [9.17, 15) is 4.39 Å². The lowest BCUT2D eigenvalue weighted by Gasteiger charge is -2.05. The summed E-state index contributed by atoms with van der Waals surface area (Å²) in [6.45, 7) is 0.390. The molecule has 0 saturated heterocycles. The summed E-state index contributed by atoms with van der Waals surface area (Å²) < 4.78 is 19.4. The highest BCUT2D eigenvalue weighted by atomic mass is 127. The fourth-order valence-electron chi connectivity index (χ4n) is 1.83. The molecule has 1 N–H and O–H groups in total. The lowest BCUT2D eigenvalue weighted by Crippen LogP contribution is -2.01. The van der Waals surface area contributed by atoms with Crippen LogP contribution in [0.5, 0.6) is 0 Å². The fourth-order valence-corrected chi connectivity index (χ4v) is 2.49. The molecule has 0 saturated carbocycles. The Morgan fingerprint density at radius 1 is 1.10 bits per heavy atom. The summed E-state index contributed by atoms with van der Waals surface area (Å²) in [5, 5.41) is 11.2. The maximum absolute atomic E-state index is 13.0. The molecule has 0 bridgehead atoms. The van der Waals surface area contributed by atoms with Crippen molar-refractivity contribution >= 4 is 28.3 Å². The second kappa shape index (κ2) is 6.21. The Kier molecular flexibility index (Phi) is 4.14. The van der Waals surface area contributed by atoms with Gasteiger partial charge in [0.15, 0.2) is 0 Å². The second-order valence-electron chi connectivity index (χ2n) is 4.34.